The van der Waals surface area contributed by atoms with Crippen molar-refractivity contribution in [1.82, 2.24) is 15.1 Å². The SMILES string of the molecule is CN1CCN(C2C(F)CNCC2(N)C2CCCC2)CC1=O. The molecule has 2 heterocycles. The predicted molar refractivity (Wildman–Crippen MR) is 79.6 cm³/mol. The Morgan fingerprint density at radius 2 is 2.05 bits per heavy atom. The molecule has 3 unspecified atom stereocenters. The van der Waals surface area contributed by atoms with Crippen molar-refractivity contribution in [1.29, 1.82) is 0 Å². The lowest BCUT2D eigenvalue weighted by molar-refractivity contribution is -0.138. The van der Waals surface area contributed by atoms with Crippen molar-refractivity contribution in [2.45, 2.75) is 43.4 Å². The molecular formula is C15H27FN4O. The van der Waals surface area contributed by atoms with Gasteiger partial charge in [0.25, 0.3) is 0 Å². The second-order valence-corrected chi connectivity index (χ2v) is 6.97. The minimum Gasteiger partial charge on any atom is -0.343 e. The summed E-state index contributed by atoms with van der Waals surface area (Å²) >= 11 is 0. The van der Waals surface area contributed by atoms with E-state index in [2.05, 4.69) is 5.32 Å². The highest BCUT2D eigenvalue weighted by Crippen LogP contribution is 2.39. The number of nitrogens with two attached hydrogens (primary N) is 1. The molecule has 0 aromatic carbocycles. The second-order valence-electron chi connectivity index (χ2n) is 6.97. The smallest absolute Gasteiger partial charge is 0.236 e. The van der Waals surface area contributed by atoms with Gasteiger partial charge in [0, 0.05) is 38.8 Å². The molecule has 2 aliphatic heterocycles. The van der Waals surface area contributed by atoms with E-state index in [4.69, 9.17) is 5.73 Å². The molecule has 2 saturated heterocycles. The zero-order valence-corrected chi connectivity index (χ0v) is 12.9. The molecule has 21 heavy (non-hydrogen) atoms. The molecule has 1 amide bonds. The van der Waals surface area contributed by atoms with Crippen LogP contribution in [0.25, 0.3) is 0 Å². The number of hydrogen-bond donors (Lipinski definition) is 2. The first kappa shape index (κ1) is 15.2. The van der Waals surface area contributed by atoms with E-state index in [-0.39, 0.29) is 11.9 Å². The van der Waals surface area contributed by atoms with Crippen LogP contribution in [-0.4, -0.2) is 73.2 Å². The van der Waals surface area contributed by atoms with Crippen molar-refractivity contribution < 1.29 is 9.18 Å². The Balaban J connectivity index is 1.82. The maximum atomic E-state index is 14.7. The van der Waals surface area contributed by atoms with Crippen molar-refractivity contribution >= 4 is 5.91 Å². The van der Waals surface area contributed by atoms with Crippen LogP contribution in [0.1, 0.15) is 25.7 Å². The van der Waals surface area contributed by atoms with Gasteiger partial charge in [-0.05, 0) is 18.8 Å². The third kappa shape index (κ3) is 2.69. The summed E-state index contributed by atoms with van der Waals surface area (Å²) in [6, 6.07) is -0.334. The molecule has 0 aromatic rings. The first-order valence-corrected chi connectivity index (χ1v) is 8.14. The van der Waals surface area contributed by atoms with Gasteiger partial charge in [0.2, 0.25) is 5.91 Å². The standard InChI is InChI=1S/C15H27FN4O/c1-19-6-7-20(9-13(19)21)14-12(16)8-18-10-15(14,17)11-4-2-3-5-11/h11-12,14,18H,2-10,17H2,1H3. The van der Waals surface area contributed by atoms with Crippen LogP contribution < -0.4 is 11.1 Å². The number of amides is 1. The summed E-state index contributed by atoms with van der Waals surface area (Å²) in [7, 11) is 1.81. The van der Waals surface area contributed by atoms with E-state index in [1.165, 1.54) is 12.8 Å². The fourth-order valence-electron chi connectivity index (χ4n) is 4.41. The summed E-state index contributed by atoms with van der Waals surface area (Å²) in [5, 5.41) is 3.17. The number of carbonyl (C=O) groups is 1. The fourth-order valence-corrected chi connectivity index (χ4v) is 4.41. The Morgan fingerprint density at radius 1 is 1.33 bits per heavy atom. The molecule has 6 heteroatoms. The van der Waals surface area contributed by atoms with Crippen LogP contribution in [0.5, 0.6) is 0 Å². The highest BCUT2D eigenvalue weighted by Gasteiger charge is 2.52. The summed E-state index contributed by atoms with van der Waals surface area (Å²) in [4.78, 5) is 15.7. The van der Waals surface area contributed by atoms with Crippen molar-refractivity contribution in [2.24, 2.45) is 11.7 Å². The Bertz CT molecular complexity index is 401. The highest BCUT2D eigenvalue weighted by molar-refractivity contribution is 5.78. The molecule has 120 valence electrons. The lowest BCUT2D eigenvalue weighted by Gasteiger charge is -2.52. The number of halogens is 1. The highest BCUT2D eigenvalue weighted by atomic mass is 19.1. The first-order valence-electron chi connectivity index (χ1n) is 8.14. The topological polar surface area (TPSA) is 61.6 Å². The molecule has 0 bridgehead atoms. The van der Waals surface area contributed by atoms with E-state index in [0.717, 1.165) is 19.4 Å². The number of piperazine rings is 1. The molecule has 3 aliphatic rings. The Hall–Kier alpha value is -0.720. The van der Waals surface area contributed by atoms with Crippen LogP contribution in [0.2, 0.25) is 0 Å². The number of rotatable bonds is 2. The average molecular weight is 298 g/mol. The fraction of sp³-hybridized carbons (Fsp3) is 0.933. The normalized spacial score (nSPS) is 40.0. The molecule has 3 rings (SSSR count). The van der Waals surface area contributed by atoms with Crippen LogP contribution >= 0.6 is 0 Å². The average Bonchev–Trinajstić information content (AvgIpc) is 2.97. The Morgan fingerprint density at radius 3 is 2.71 bits per heavy atom. The van der Waals surface area contributed by atoms with E-state index in [0.29, 0.717) is 32.1 Å². The van der Waals surface area contributed by atoms with Crippen molar-refractivity contribution in [3.8, 4) is 0 Å². The van der Waals surface area contributed by atoms with Gasteiger partial charge < -0.3 is 16.0 Å². The molecular weight excluding hydrogens is 271 g/mol. The van der Waals surface area contributed by atoms with Gasteiger partial charge >= 0.3 is 0 Å². The predicted octanol–water partition coefficient (Wildman–Crippen LogP) is -0.0420. The van der Waals surface area contributed by atoms with Gasteiger partial charge in [-0.2, -0.15) is 0 Å². The maximum Gasteiger partial charge on any atom is 0.236 e. The molecule has 1 aliphatic carbocycles. The van der Waals surface area contributed by atoms with Crippen molar-refractivity contribution in [3.63, 3.8) is 0 Å². The molecule has 3 N–H and O–H groups in total. The van der Waals surface area contributed by atoms with Crippen LogP contribution in [0.15, 0.2) is 0 Å². The van der Waals surface area contributed by atoms with Gasteiger partial charge in [-0.1, -0.05) is 12.8 Å². The third-order valence-corrected chi connectivity index (χ3v) is 5.66. The summed E-state index contributed by atoms with van der Waals surface area (Å²) in [6.45, 7) is 2.68. The summed E-state index contributed by atoms with van der Waals surface area (Å²) < 4.78 is 14.7. The number of likely N-dealkylation sites (N-methyl/N-ethyl adjacent to an activating group) is 1. The zero-order chi connectivity index (χ0) is 15.0. The number of nitrogens with one attached hydrogen (secondary N) is 1. The van der Waals surface area contributed by atoms with E-state index in [1.54, 1.807) is 4.90 Å². The van der Waals surface area contributed by atoms with Crippen LogP contribution in [0.3, 0.4) is 0 Å². The number of carbonyl (C=O) groups excluding carboxylic acids is 1. The van der Waals surface area contributed by atoms with Crippen LogP contribution in [0, 0.1) is 5.92 Å². The molecule has 0 aromatic heterocycles. The lowest BCUT2D eigenvalue weighted by Crippen LogP contribution is -2.75. The van der Waals surface area contributed by atoms with E-state index >= 15 is 0 Å². The summed E-state index contributed by atoms with van der Waals surface area (Å²) in [5.41, 5.74) is 6.19. The van der Waals surface area contributed by atoms with Gasteiger partial charge in [0.1, 0.15) is 6.17 Å². The van der Waals surface area contributed by atoms with Crippen molar-refractivity contribution in [3.05, 3.63) is 0 Å². The van der Waals surface area contributed by atoms with E-state index in [9.17, 15) is 9.18 Å². The maximum absolute atomic E-state index is 14.7. The Kier molecular flexibility index (Phi) is 4.21. The summed E-state index contributed by atoms with van der Waals surface area (Å²) in [5.74, 6) is 0.434. The largest absolute Gasteiger partial charge is 0.343 e. The third-order valence-electron chi connectivity index (χ3n) is 5.66. The van der Waals surface area contributed by atoms with Crippen LogP contribution in [0.4, 0.5) is 4.39 Å². The quantitative estimate of drug-likeness (QED) is 0.751. The zero-order valence-electron chi connectivity index (χ0n) is 12.9. The van der Waals surface area contributed by atoms with E-state index < -0.39 is 11.7 Å². The van der Waals surface area contributed by atoms with Crippen LogP contribution in [-0.2, 0) is 4.79 Å². The number of nitrogens with zero attached hydrogens (tertiary/aromatic N) is 2. The number of alkyl halides is 1. The lowest BCUT2D eigenvalue weighted by atomic mass is 9.72. The van der Waals surface area contributed by atoms with Gasteiger partial charge in [-0.15, -0.1) is 0 Å². The van der Waals surface area contributed by atoms with E-state index in [1.807, 2.05) is 11.9 Å². The summed E-state index contributed by atoms with van der Waals surface area (Å²) in [6.07, 6.45) is 3.55. The van der Waals surface area contributed by atoms with Crippen molar-refractivity contribution in [2.75, 3.05) is 39.8 Å². The number of hydrogen-bond acceptors (Lipinski definition) is 4. The monoisotopic (exact) mass is 298 g/mol. The molecule has 1 saturated carbocycles. The molecule has 5 nitrogen and oxygen atoms in total. The minimum atomic E-state index is -0.999. The first-order chi connectivity index (χ1) is 10.0. The number of piperidine rings is 1. The molecule has 3 atom stereocenters. The van der Waals surface area contributed by atoms with Gasteiger partial charge in [0.15, 0.2) is 0 Å². The Labute approximate surface area is 126 Å². The molecule has 3 fully saturated rings. The molecule has 0 spiro atoms. The second kappa shape index (κ2) is 5.82. The van der Waals surface area contributed by atoms with Gasteiger partial charge in [0.05, 0.1) is 12.6 Å². The molecule has 0 radical (unpaired) electrons. The van der Waals surface area contributed by atoms with Gasteiger partial charge in [-0.3, -0.25) is 9.69 Å². The minimum absolute atomic E-state index is 0.0701. The van der Waals surface area contributed by atoms with Gasteiger partial charge in [-0.25, -0.2) is 4.39 Å².